The van der Waals surface area contributed by atoms with Gasteiger partial charge in [0.1, 0.15) is 12.5 Å². The Hall–Kier alpha value is -0.880. The van der Waals surface area contributed by atoms with Crippen LogP contribution in [0, 0.1) is 0 Å². The summed E-state index contributed by atoms with van der Waals surface area (Å²) >= 11 is 0. The third-order valence-electron chi connectivity index (χ3n) is 0.439. The van der Waals surface area contributed by atoms with Crippen molar-refractivity contribution in [2.45, 2.75) is 0 Å². The van der Waals surface area contributed by atoms with Gasteiger partial charge in [0, 0.05) is 0 Å². The molecule has 1 heterocycles. The molecule has 0 unspecified atom stereocenters. The predicted octanol–water partition coefficient (Wildman–Crippen LogP) is 0.617. The van der Waals surface area contributed by atoms with Gasteiger partial charge in [0.2, 0.25) is 6.79 Å². The van der Waals surface area contributed by atoms with E-state index in [-0.39, 0.29) is 0 Å². The Morgan fingerprint density at radius 2 is 2.00 bits per heavy atom. The molecule has 1 aliphatic heterocycles. The molecule has 6 heavy (non-hydrogen) atoms. The van der Waals surface area contributed by atoms with Crippen molar-refractivity contribution < 1.29 is 9.47 Å². The number of ether oxygens (including phenoxy) is 2. The van der Waals surface area contributed by atoms with Crippen molar-refractivity contribution >= 4 is 0 Å². The zero-order valence-electron chi connectivity index (χ0n) is 3.18. The topological polar surface area (TPSA) is 18.5 Å². The SMILES string of the molecule is C1=COCOC=1. The highest BCUT2D eigenvalue weighted by Crippen LogP contribution is 1.84. The summed E-state index contributed by atoms with van der Waals surface area (Å²) in [6, 6.07) is 0. The molecule has 0 N–H and O–H groups in total. The Kier molecular flexibility index (Phi) is 0.845. The third kappa shape index (κ3) is 0.535. The molecular formula is C4H4O2. The van der Waals surface area contributed by atoms with E-state index in [1.165, 1.54) is 12.5 Å². The van der Waals surface area contributed by atoms with Crippen molar-refractivity contribution in [1.29, 1.82) is 0 Å². The van der Waals surface area contributed by atoms with E-state index in [1.807, 2.05) is 0 Å². The van der Waals surface area contributed by atoms with Crippen LogP contribution >= 0.6 is 0 Å². The molecule has 0 aromatic rings. The smallest absolute Gasteiger partial charge is 0.230 e. The van der Waals surface area contributed by atoms with E-state index in [9.17, 15) is 0 Å². The molecule has 0 amide bonds. The van der Waals surface area contributed by atoms with Gasteiger partial charge >= 0.3 is 0 Å². The highest BCUT2D eigenvalue weighted by molar-refractivity contribution is 4.72. The van der Waals surface area contributed by atoms with Gasteiger partial charge in [-0.05, 0) is 5.73 Å². The van der Waals surface area contributed by atoms with Crippen molar-refractivity contribution in [1.82, 2.24) is 0 Å². The molecule has 1 aliphatic rings. The summed E-state index contributed by atoms with van der Waals surface area (Å²) in [5.74, 6) is 0. The van der Waals surface area contributed by atoms with E-state index in [0.717, 1.165) is 0 Å². The average molecular weight is 84.1 g/mol. The quantitative estimate of drug-likeness (QED) is 0.400. The Balaban J connectivity index is 2.53. The highest BCUT2D eigenvalue weighted by atomic mass is 16.7. The Morgan fingerprint density at radius 1 is 1.33 bits per heavy atom. The second-order valence-corrected chi connectivity index (χ2v) is 0.854. The highest BCUT2D eigenvalue weighted by Gasteiger charge is 1.77. The zero-order chi connectivity index (χ0) is 4.24. The first-order chi connectivity index (χ1) is 3.00. The van der Waals surface area contributed by atoms with Crippen LogP contribution in [0.2, 0.25) is 0 Å². The molecule has 0 fully saturated rings. The maximum absolute atomic E-state index is 4.58. The summed E-state index contributed by atoms with van der Waals surface area (Å²) < 4.78 is 9.16. The monoisotopic (exact) mass is 84.0 g/mol. The molecule has 32 valence electrons. The molecule has 2 nitrogen and oxygen atoms in total. The van der Waals surface area contributed by atoms with E-state index < -0.39 is 0 Å². The standard InChI is InChI=1S/C4H4O2/c1-2-5-4-6-3-1/h2-3H,4H2. The summed E-state index contributed by atoms with van der Waals surface area (Å²) in [6.07, 6.45) is 2.92. The molecule has 0 aromatic carbocycles. The summed E-state index contributed by atoms with van der Waals surface area (Å²) in [5, 5.41) is 0. The number of rotatable bonds is 0. The molecule has 0 atom stereocenters. The molecule has 0 radical (unpaired) electrons. The summed E-state index contributed by atoms with van der Waals surface area (Å²) in [4.78, 5) is 0. The summed E-state index contributed by atoms with van der Waals surface area (Å²) in [5.41, 5.74) is 2.59. The van der Waals surface area contributed by atoms with Crippen LogP contribution in [0.3, 0.4) is 0 Å². The van der Waals surface area contributed by atoms with E-state index in [2.05, 4.69) is 15.2 Å². The van der Waals surface area contributed by atoms with Crippen LogP contribution in [-0.4, -0.2) is 6.79 Å². The Bertz CT molecular complexity index is 81.7. The minimum absolute atomic E-state index is 0.326. The molecule has 0 aliphatic carbocycles. The first-order valence-electron chi connectivity index (χ1n) is 1.63. The molecule has 1 rings (SSSR count). The Morgan fingerprint density at radius 3 is 2.17 bits per heavy atom. The Labute approximate surface area is 35.7 Å². The van der Waals surface area contributed by atoms with Crippen molar-refractivity contribution in [3.63, 3.8) is 0 Å². The van der Waals surface area contributed by atoms with Gasteiger partial charge in [-0.25, -0.2) is 0 Å². The van der Waals surface area contributed by atoms with Crippen LogP contribution < -0.4 is 0 Å². The van der Waals surface area contributed by atoms with Gasteiger partial charge in [-0.2, -0.15) is 0 Å². The van der Waals surface area contributed by atoms with E-state index in [0.29, 0.717) is 6.79 Å². The van der Waals surface area contributed by atoms with Gasteiger partial charge in [-0.3, -0.25) is 0 Å². The fourth-order valence-corrected chi connectivity index (χ4v) is 0.231. The lowest BCUT2D eigenvalue weighted by molar-refractivity contribution is 0.0363. The zero-order valence-corrected chi connectivity index (χ0v) is 3.18. The number of hydrogen-bond donors (Lipinski definition) is 0. The lowest BCUT2D eigenvalue weighted by Crippen LogP contribution is -1.89. The second-order valence-electron chi connectivity index (χ2n) is 0.854. The second kappa shape index (κ2) is 1.53. The minimum atomic E-state index is 0.326. The van der Waals surface area contributed by atoms with Gasteiger partial charge in [-0.1, -0.05) is 0 Å². The van der Waals surface area contributed by atoms with Gasteiger partial charge < -0.3 is 9.47 Å². The van der Waals surface area contributed by atoms with Crippen LogP contribution in [0.4, 0.5) is 0 Å². The summed E-state index contributed by atoms with van der Waals surface area (Å²) in [7, 11) is 0. The first kappa shape index (κ1) is 3.32. The van der Waals surface area contributed by atoms with Gasteiger partial charge in [-0.15, -0.1) is 0 Å². The van der Waals surface area contributed by atoms with E-state index >= 15 is 0 Å². The lowest BCUT2D eigenvalue weighted by Gasteiger charge is -1.98. The van der Waals surface area contributed by atoms with E-state index in [1.54, 1.807) is 0 Å². The first-order valence-corrected chi connectivity index (χ1v) is 1.63. The predicted molar refractivity (Wildman–Crippen MR) is 19.7 cm³/mol. The molecule has 2 heteroatoms. The summed E-state index contributed by atoms with van der Waals surface area (Å²) in [6.45, 7) is 0.326. The van der Waals surface area contributed by atoms with Gasteiger partial charge in [0.05, 0.1) is 0 Å². The molecule has 0 bridgehead atoms. The fraction of sp³-hybridized carbons (Fsp3) is 0.250. The normalized spacial score (nSPS) is 16.0. The van der Waals surface area contributed by atoms with Gasteiger partial charge in [0.25, 0.3) is 0 Å². The molecule has 0 saturated carbocycles. The van der Waals surface area contributed by atoms with E-state index in [4.69, 9.17) is 0 Å². The minimum Gasteiger partial charge on any atom is -0.457 e. The largest absolute Gasteiger partial charge is 0.457 e. The van der Waals surface area contributed by atoms with Crippen molar-refractivity contribution in [2.24, 2.45) is 0 Å². The lowest BCUT2D eigenvalue weighted by atomic mass is 10.9. The molecule has 0 spiro atoms. The molecule has 0 saturated heterocycles. The number of hydrogen-bond acceptors (Lipinski definition) is 2. The van der Waals surface area contributed by atoms with Crippen LogP contribution in [0.15, 0.2) is 18.3 Å². The van der Waals surface area contributed by atoms with Crippen LogP contribution in [0.1, 0.15) is 0 Å². The van der Waals surface area contributed by atoms with Crippen LogP contribution in [0.25, 0.3) is 0 Å². The third-order valence-corrected chi connectivity index (χ3v) is 0.439. The van der Waals surface area contributed by atoms with Crippen molar-refractivity contribution in [3.05, 3.63) is 18.3 Å². The van der Waals surface area contributed by atoms with Crippen LogP contribution in [-0.2, 0) is 9.47 Å². The maximum Gasteiger partial charge on any atom is 0.230 e. The maximum atomic E-state index is 4.58. The fourth-order valence-electron chi connectivity index (χ4n) is 0.231. The molecular weight excluding hydrogens is 80.0 g/mol. The average Bonchev–Trinajstić information content (AvgIpc) is 1.72. The van der Waals surface area contributed by atoms with Crippen molar-refractivity contribution in [3.8, 4) is 0 Å². The van der Waals surface area contributed by atoms with Gasteiger partial charge in [0.15, 0.2) is 0 Å². The molecule has 0 aromatic heterocycles. The van der Waals surface area contributed by atoms with Crippen LogP contribution in [0.5, 0.6) is 0 Å². The van der Waals surface area contributed by atoms with Crippen molar-refractivity contribution in [2.75, 3.05) is 6.79 Å².